The summed E-state index contributed by atoms with van der Waals surface area (Å²) in [6, 6.07) is 0. The van der Waals surface area contributed by atoms with Crippen LogP contribution in [0.1, 0.15) is 25.7 Å². The number of amides is 1. The summed E-state index contributed by atoms with van der Waals surface area (Å²) < 4.78 is 10.00. The zero-order valence-electron chi connectivity index (χ0n) is 12.5. The molecule has 2 N–H and O–H groups in total. The third kappa shape index (κ3) is 3.06. The first kappa shape index (κ1) is 16.3. The summed E-state index contributed by atoms with van der Waals surface area (Å²) in [5, 5.41) is 12.8. The lowest BCUT2D eigenvalue weighted by atomic mass is 10.1. The van der Waals surface area contributed by atoms with Gasteiger partial charge in [0, 0.05) is 6.54 Å². The molecule has 2 aliphatic rings. The van der Waals surface area contributed by atoms with Crippen molar-refractivity contribution in [2.45, 2.75) is 31.4 Å². The molecule has 0 spiro atoms. The Morgan fingerprint density at radius 1 is 1.45 bits per heavy atom. The average Bonchev–Trinajstić information content (AvgIpc) is 2.72. The molecule has 1 atom stereocenters. The molecule has 1 fully saturated rings. The number of carboxylic acids is 1. The molecule has 2 heterocycles. The van der Waals surface area contributed by atoms with Gasteiger partial charge in [-0.05, 0) is 38.4 Å². The van der Waals surface area contributed by atoms with Gasteiger partial charge in [-0.25, -0.2) is 4.79 Å². The molecule has 0 saturated carbocycles. The van der Waals surface area contributed by atoms with Crippen LogP contribution in [0.3, 0.4) is 0 Å². The Bertz CT molecular complexity index is 504. The van der Waals surface area contributed by atoms with Gasteiger partial charge < -0.3 is 19.9 Å². The van der Waals surface area contributed by atoms with Gasteiger partial charge >= 0.3 is 11.9 Å². The van der Waals surface area contributed by atoms with E-state index in [2.05, 4.69) is 10.1 Å². The topological polar surface area (TPSA) is 105 Å². The van der Waals surface area contributed by atoms with Crippen molar-refractivity contribution in [1.82, 2.24) is 10.2 Å². The van der Waals surface area contributed by atoms with E-state index in [-0.39, 0.29) is 12.3 Å². The van der Waals surface area contributed by atoms with Crippen molar-refractivity contribution in [3.63, 3.8) is 0 Å². The number of carbonyl (C=O) groups is 3. The number of carboxylic acid groups (broad SMARTS) is 1. The van der Waals surface area contributed by atoms with Gasteiger partial charge in [0.15, 0.2) is 5.76 Å². The number of fused-ring (bicyclic) bond motifs is 2. The number of ether oxygens (including phenoxy) is 2. The number of nitrogens with one attached hydrogen (secondary N) is 1. The molecule has 8 heteroatoms. The fraction of sp³-hybridized carbons (Fsp3) is 0.643. The zero-order chi connectivity index (χ0) is 16.2. The minimum Gasteiger partial charge on any atom is -0.477 e. The van der Waals surface area contributed by atoms with Crippen LogP contribution < -0.4 is 5.32 Å². The van der Waals surface area contributed by atoms with Crippen LogP contribution in [-0.2, 0) is 23.9 Å². The summed E-state index contributed by atoms with van der Waals surface area (Å²) in [5.41, 5.74) is -2.02. The molecule has 2 aliphatic heterocycles. The smallest absolute Gasteiger partial charge is 0.370 e. The molecule has 0 radical (unpaired) electrons. The predicted molar refractivity (Wildman–Crippen MR) is 74.6 cm³/mol. The Kier molecular flexibility index (Phi) is 5.02. The lowest BCUT2D eigenvalue weighted by molar-refractivity contribution is -0.182. The summed E-state index contributed by atoms with van der Waals surface area (Å²) in [5.74, 6) is -2.62. The minimum absolute atomic E-state index is 0.00629. The highest BCUT2D eigenvalue weighted by atomic mass is 16.6. The molecule has 2 bridgehead atoms. The maximum atomic E-state index is 12.4. The van der Waals surface area contributed by atoms with Crippen molar-refractivity contribution in [3.05, 3.63) is 11.8 Å². The van der Waals surface area contributed by atoms with E-state index in [1.807, 2.05) is 0 Å². The van der Waals surface area contributed by atoms with Gasteiger partial charge in [-0.2, -0.15) is 0 Å². The average molecular weight is 312 g/mol. The molecule has 8 nitrogen and oxygen atoms in total. The van der Waals surface area contributed by atoms with E-state index in [9.17, 15) is 19.5 Å². The first-order valence-corrected chi connectivity index (χ1v) is 7.23. The Hall–Kier alpha value is -2.09. The van der Waals surface area contributed by atoms with E-state index >= 15 is 0 Å². The Morgan fingerprint density at radius 2 is 2.18 bits per heavy atom. The van der Waals surface area contributed by atoms with Crippen molar-refractivity contribution >= 4 is 17.8 Å². The quantitative estimate of drug-likeness (QED) is 0.698. The van der Waals surface area contributed by atoms with E-state index in [1.54, 1.807) is 6.08 Å². The Labute approximate surface area is 128 Å². The molecular formula is C14H20N2O6. The van der Waals surface area contributed by atoms with Gasteiger partial charge in [0.1, 0.15) is 6.42 Å². The number of methoxy groups -OCH3 is 1. The maximum absolute atomic E-state index is 12.4. The highest BCUT2D eigenvalue weighted by Crippen LogP contribution is 2.35. The van der Waals surface area contributed by atoms with E-state index in [1.165, 1.54) is 0 Å². The van der Waals surface area contributed by atoms with Gasteiger partial charge in [0.2, 0.25) is 0 Å². The van der Waals surface area contributed by atoms with Crippen LogP contribution in [-0.4, -0.2) is 60.3 Å². The van der Waals surface area contributed by atoms with Crippen molar-refractivity contribution in [2.24, 2.45) is 0 Å². The molecule has 1 unspecified atom stereocenters. The molecule has 1 saturated heterocycles. The van der Waals surface area contributed by atoms with Crippen LogP contribution in [0.5, 0.6) is 0 Å². The van der Waals surface area contributed by atoms with Crippen LogP contribution in [0, 0.1) is 0 Å². The number of aliphatic carboxylic acids is 1. The lowest BCUT2D eigenvalue weighted by Crippen LogP contribution is -2.54. The number of esters is 1. The van der Waals surface area contributed by atoms with E-state index in [0.717, 1.165) is 25.0 Å². The molecule has 0 aromatic heterocycles. The van der Waals surface area contributed by atoms with Crippen molar-refractivity contribution in [3.8, 4) is 0 Å². The second kappa shape index (κ2) is 6.78. The third-order valence-corrected chi connectivity index (χ3v) is 3.74. The van der Waals surface area contributed by atoms with Gasteiger partial charge in [-0.3, -0.25) is 14.5 Å². The largest absolute Gasteiger partial charge is 0.477 e. The molecule has 1 amide bonds. The van der Waals surface area contributed by atoms with E-state index < -0.39 is 30.0 Å². The second-order valence-corrected chi connectivity index (χ2v) is 5.22. The number of allylic oxidation sites excluding steroid dienone is 1. The normalized spacial score (nSPS) is 28.1. The molecule has 122 valence electrons. The third-order valence-electron chi connectivity index (χ3n) is 3.74. The zero-order valence-corrected chi connectivity index (χ0v) is 12.5. The van der Waals surface area contributed by atoms with Crippen LogP contribution >= 0.6 is 0 Å². The van der Waals surface area contributed by atoms with E-state index in [4.69, 9.17) is 4.74 Å². The molecule has 22 heavy (non-hydrogen) atoms. The first-order valence-electron chi connectivity index (χ1n) is 7.23. The number of nitrogens with zero attached hydrogens (tertiary/aromatic N) is 1. The highest BCUT2D eigenvalue weighted by molar-refractivity contribution is 6.00. The second-order valence-electron chi connectivity index (χ2n) is 5.22. The fourth-order valence-corrected chi connectivity index (χ4v) is 2.57. The maximum Gasteiger partial charge on any atom is 0.370 e. The van der Waals surface area contributed by atoms with Crippen LogP contribution in [0.15, 0.2) is 11.8 Å². The Morgan fingerprint density at radius 3 is 2.86 bits per heavy atom. The van der Waals surface area contributed by atoms with Crippen LogP contribution in [0.2, 0.25) is 0 Å². The SMILES string of the molecule is COC(=O)CC1(C(=O)O)O/C2=C/CCCNCCCN1C2=O. The molecule has 2 rings (SSSR count). The first-order chi connectivity index (χ1) is 10.5. The lowest BCUT2D eigenvalue weighted by Gasteiger charge is -2.31. The predicted octanol–water partition coefficient (Wildman–Crippen LogP) is -0.153. The summed E-state index contributed by atoms with van der Waals surface area (Å²) in [6.45, 7) is 1.67. The number of hydrogen-bond acceptors (Lipinski definition) is 6. The highest BCUT2D eigenvalue weighted by Gasteiger charge is 2.57. The molecule has 0 aromatic rings. The van der Waals surface area contributed by atoms with Gasteiger partial charge in [0.25, 0.3) is 11.6 Å². The molecule has 0 aromatic carbocycles. The van der Waals surface area contributed by atoms with Crippen molar-refractivity contribution in [1.29, 1.82) is 0 Å². The minimum atomic E-state index is -2.02. The summed E-state index contributed by atoms with van der Waals surface area (Å²) in [4.78, 5) is 36.9. The summed E-state index contributed by atoms with van der Waals surface area (Å²) in [6.07, 6.45) is 3.02. The monoisotopic (exact) mass is 312 g/mol. The standard InChI is InChI=1S/C14H20N2O6/c1-21-11(17)9-14(13(19)20)16-8-4-7-15-6-3-2-5-10(22-14)12(16)18/h5,15H,2-4,6-9H2,1H3,(H,19,20)/b10-5+. The molecular weight excluding hydrogens is 292 g/mol. The van der Waals surface area contributed by atoms with Crippen molar-refractivity contribution in [2.75, 3.05) is 26.7 Å². The number of rotatable bonds is 3. The summed E-state index contributed by atoms with van der Waals surface area (Å²) >= 11 is 0. The number of hydrogen-bond donors (Lipinski definition) is 2. The van der Waals surface area contributed by atoms with Crippen molar-refractivity contribution < 1.29 is 29.0 Å². The van der Waals surface area contributed by atoms with Crippen LogP contribution in [0.4, 0.5) is 0 Å². The van der Waals surface area contributed by atoms with Gasteiger partial charge in [-0.15, -0.1) is 0 Å². The Balaban J connectivity index is 2.37. The fourth-order valence-electron chi connectivity index (χ4n) is 2.57. The van der Waals surface area contributed by atoms with Gasteiger partial charge in [-0.1, -0.05) is 0 Å². The van der Waals surface area contributed by atoms with E-state index in [0.29, 0.717) is 19.4 Å². The van der Waals surface area contributed by atoms with Crippen LogP contribution in [0.25, 0.3) is 0 Å². The van der Waals surface area contributed by atoms with Gasteiger partial charge in [0.05, 0.1) is 7.11 Å². The molecule has 0 aliphatic carbocycles. The summed E-state index contributed by atoms with van der Waals surface area (Å²) in [7, 11) is 1.16. The number of carbonyl (C=O) groups excluding carboxylic acids is 2.